The molecule has 31 heavy (non-hydrogen) atoms. The molecule has 4 nitrogen and oxygen atoms in total. The molecule has 1 fully saturated rings. The van der Waals surface area contributed by atoms with Crippen LogP contribution in [0, 0.1) is 5.92 Å². The average Bonchev–Trinajstić information content (AvgIpc) is 3.26. The van der Waals surface area contributed by atoms with Crippen molar-refractivity contribution in [3.8, 4) is 0 Å². The molecule has 0 saturated carbocycles. The quantitative estimate of drug-likeness (QED) is 0.657. The molecule has 2 aliphatic rings. The molecule has 1 aliphatic carbocycles. The fraction of sp³-hybridized carbons (Fsp3) is 0.519. The number of carbonyl (C=O) groups excluding carboxylic acids is 1. The van der Waals surface area contributed by atoms with Crippen LogP contribution in [0.4, 0.5) is 5.69 Å². The molecule has 4 heteroatoms. The number of benzene rings is 2. The zero-order chi connectivity index (χ0) is 21.8. The summed E-state index contributed by atoms with van der Waals surface area (Å²) in [5.41, 5.74) is 6.20. The van der Waals surface area contributed by atoms with Gasteiger partial charge in [-0.2, -0.15) is 0 Å². The Morgan fingerprint density at radius 3 is 2.65 bits per heavy atom. The molecule has 2 aromatic rings. The van der Waals surface area contributed by atoms with E-state index in [4.69, 9.17) is 0 Å². The fourth-order valence-electron chi connectivity index (χ4n) is 4.92. The van der Waals surface area contributed by atoms with Crippen LogP contribution in [0.15, 0.2) is 42.5 Å². The number of nitrogens with zero attached hydrogens (tertiary/aromatic N) is 1. The summed E-state index contributed by atoms with van der Waals surface area (Å²) in [4.78, 5) is 14.5. The van der Waals surface area contributed by atoms with E-state index < -0.39 is 0 Å². The Bertz CT molecular complexity index is 900. The van der Waals surface area contributed by atoms with Crippen molar-refractivity contribution in [3.05, 3.63) is 64.7 Å². The molecule has 1 heterocycles. The van der Waals surface area contributed by atoms with Gasteiger partial charge in [-0.15, -0.1) is 0 Å². The number of fused-ring (bicyclic) bond motifs is 1. The minimum Gasteiger partial charge on any atom is -0.388 e. The molecule has 1 aliphatic heterocycles. The summed E-state index contributed by atoms with van der Waals surface area (Å²) in [5.74, 6) is 0.585. The van der Waals surface area contributed by atoms with Crippen molar-refractivity contribution in [2.45, 2.75) is 64.4 Å². The number of rotatable bonds is 7. The molecular weight excluding hydrogens is 384 g/mol. The maximum Gasteiger partial charge on any atom is 0.226 e. The number of hydrogen-bond donors (Lipinski definition) is 2. The van der Waals surface area contributed by atoms with Crippen molar-refractivity contribution in [2.24, 2.45) is 5.92 Å². The minimum absolute atomic E-state index is 0.0148. The van der Waals surface area contributed by atoms with Gasteiger partial charge in [-0.05, 0) is 91.9 Å². The van der Waals surface area contributed by atoms with E-state index in [1.165, 1.54) is 29.5 Å². The van der Waals surface area contributed by atoms with Gasteiger partial charge in [0.05, 0.1) is 6.10 Å². The molecular formula is C27H36N2O2. The first-order valence-electron chi connectivity index (χ1n) is 11.9. The molecule has 4 rings (SSSR count). The van der Waals surface area contributed by atoms with Crippen LogP contribution in [0.3, 0.4) is 0 Å². The van der Waals surface area contributed by atoms with Gasteiger partial charge in [0, 0.05) is 18.2 Å². The highest BCUT2D eigenvalue weighted by Gasteiger charge is 2.22. The lowest BCUT2D eigenvalue weighted by molar-refractivity contribution is -0.118. The van der Waals surface area contributed by atoms with Gasteiger partial charge in [-0.1, -0.05) is 44.2 Å². The van der Waals surface area contributed by atoms with Crippen LogP contribution in [0.5, 0.6) is 0 Å². The second-order valence-corrected chi connectivity index (χ2v) is 9.57. The third kappa shape index (κ3) is 5.55. The minimum atomic E-state index is -0.370. The zero-order valence-electron chi connectivity index (χ0n) is 18.9. The summed E-state index contributed by atoms with van der Waals surface area (Å²) < 4.78 is 0. The normalized spacial score (nSPS) is 18.2. The van der Waals surface area contributed by atoms with Gasteiger partial charge in [0.1, 0.15) is 0 Å². The van der Waals surface area contributed by atoms with Crippen molar-refractivity contribution < 1.29 is 9.90 Å². The van der Waals surface area contributed by atoms with Gasteiger partial charge in [0.25, 0.3) is 0 Å². The Morgan fingerprint density at radius 2 is 1.87 bits per heavy atom. The Hall–Kier alpha value is -2.17. The topological polar surface area (TPSA) is 52.6 Å². The largest absolute Gasteiger partial charge is 0.388 e. The summed E-state index contributed by atoms with van der Waals surface area (Å²) >= 11 is 0. The Balaban J connectivity index is 1.26. The van der Waals surface area contributed by atoms with Crippen LogP contribution in [0.1, 0.15) is 73.8 Å². The van der Waals surface area contributed by atoms with E-state index in [1.54, 1.807) is 0 Å². The molecule has 1 amide bonds. The molecule has 166 valence electrons. The first-order valence-corrected chi connectivity index (χ1v) is 11.9. The van der Waals surface area contributed by atoms with Crippen molar-refractivity contribution in [3.63, 3.8) is 0 Å². The van der Waals surface area contributed by atoms with Crippen molar-refractivity contribution in [1.29, 1.82) is 0 Å². The Morgan fingerprint density at radius 1 is 1.10 bits per heavy atom. The lowest BCUT2D eigenvalue weighted by Crippen LogP contribution is -2.34. The second kappa shape index (κ2) is 9.97. The van der Waals surface area contributed by atoms with E-state index in [0.717, 1.165) is 56.6 Å². The second-order valence-electron chi connectivity index (χ2n) is 9.57. The molecule has 0 bridgehead atoms. The average molecular weight is 421 g/mol. The number of aryl methyl sites for hydroxylation is 2. The molecule has 0 spiro atoms. The molecule has 0 aromatic heterocycles. The third-order valence-corrected chi connectivity index (χ3v) is 6.96. The smallest absolute Gasteiger partial charge is 0.226 e. The van der Waals surface area contributed by atoms with Crippen molar-refractivity contribution >= 4 is 11.6 Å². The number of nitrogens with one attached hydrogen (secondary N) is 1. The highest BCUT2D eigenvalue weighted by atomic mass is 16.3. The van der Waals surface area contributed by atoms with Gasteiger partial charge in [0.2, 0.25) is 5.91 Å². The van der Waals surface area contributed by atoms with E-state index in [1.807, 2.05) is 26.0 Å². The van der Waals surface area contributed by atoms with Crippen LogP contribution in [0.2, 0.25) is 0 Å². The van der Waals surface area contributed by atoms with Gasteiger partial charge < -0.3 is 15.3 Å². The SMILES string of the molecule is CC(C)C(=O)Nc1cccc(C2CCN(CCC(O)c3ccc4c(c3)CCC4)CC2)c1. The third-order valence-electron chi connectivity index (χ3n) is 6.96. The first kappa shape index (κ1) is 22.0. The van der Waals surface area contributed by atoms with E-state index in [9.17, 15) is 9.90 Å². The Kier molecular flexibility index (Phi) is 7.09. The van der Waals surface area contributed by atoms with E-state index in [2.05, 4.69) is 40.5 Å². The maximum absolute atomic E-state index is 12.0. The fourth-order valence-corrected chi connectivity index (χ4v) is 4.92. The molecule has 2 aromatic carbocycles. The highest BCUT2D eigenvalue weighted by molar-refractivity contribution is 5.92. The van der Waals surface area contributed by atoms with Gasteiger partial charge in [0.15, 0.2) is 0 Å². The van der Waals surface area contributed by atoms with Crippen molar-refractivity contribution in [2.75, 3.05) is 25.0 Å². The van der Waals surface area contributed by atoms with E-state index in [0.29, 0.717) is 5.92 Å². The predicted molar refractivity (Wildman–Crippen MR) is 126 cm³/mol. The van der Waals surface area contributed by atoms with Gasteiger partial charge in [-0.3, -0.25) is 4.79 Å². The standard InChI is InChI=1S/C27H36N2O2/c1-19(2)27(31)28-25-8-4-7-23(18-25)21-11-14-29(15-12-21)16-13-26(30)24-10-9-20-5-3-6-22(20)17-24/h4,7-10,17-19,21,26,30H,3,5-6,11-16H2,1-2H3,(H,28,31). The number of aliphatic hydroxyl groups excluding tert-OH is 1. The van der Waals surface area contributed by atoms with Crippen LogP contribution in [-0.2, 0) is 17.6 Å². The van der Waals surface area contributed by atoms with Crippen LogP contribution in [-0.4, -0.2) is 35.5 Å². The first-order chi connectivity index (χ1) is 15.0. The molecule has 1 saturated heterocycles. The number of carbonyl (C=O) groups is 1. The maximum atomic E-state index is 12.0. The van der Waals surface area contributed by atoms with Crippen LogP contribution >= 0.6 is 0 Å². The number of aliphatic hydroxyl groups is 1. The molecule has 1 atom stereocenters. The van der Waals surface area contributed by atoms with Crippen LogP contribution in [0.25, 0.3) is 0 Å². The molecule has 0 radical (unpaired) electrons. The lowest BCUT2D eigenvalue weighted by Gasteiger charge is -2.32. The number of amides is 1. The summed E-state index contributed by atoms with van der Waals surface area (Å²) in [6.45, 7) is 6.89. The molecule has 2 N–H and O–H groups in total. The van der Waals surface area contributed by atoms with Crippen molar-refractivity contribution in [1.82, 2.24) is 4.90 Å². The van der Waals surface area contributed by atoms with Crippen LogP contribution < -0.4 is 5.32 Å². The van der Waals surface area contributed by atoms with E-state index in [-0.39, 0.29) is 17.9 Å². The number of piperidine rings is 1. The summed E-state index contributed by atoms with van der Waals surface area (Å²) in [6.07, 6.45) is 6.26. The summed E-state index contributed by atoms with van der Waals surface area (Å²) in [6, 6.07) is 14.9. The number of hydrogen-bond acceptors (Lipinski definition) is 3. The summed E-state index contributed by atoms with van der Waals surface area (Å²) in [7, 11) is 0. The molecule has 1 unspecified atom stereocenters. The lowest BCUT2D eigenvalue weighted by atomic mass is 9.89. The number of anilines is 1. The monoisotopic (exact) mass is 420 g/mol. The van der Waals surface area contributed by atoms with Gasteiger partial charge in [-0.25, -0.2) is 0 Å². The van der Waals surface area contributed by atoms with E-state index >= 15 is 0 Å². The summed E-state index contributed by atoms with van der Waals surface area (Å²) in [5, 5.41) is 13.7. The zero-order valence-corrected chi connectivity index (χ0v) is 18.9. The van der Waals surface area contributed by atoms with Gasteiger partial charge >= 0.3 is 0 Å². The number of likely N-dealkylation sites (tertiary alicyclic amines) is 1. The Labute approximate surface area is 186 Å². The predicted octanol–water partition coefficient (Wildman–Crippen LogP) is 5.07. The highest BCUT2D eigenvalue weighted by Crippen LogP contribution is 2.31.